The molecule has 0 fully saturated rings. The van der Waals surface area contributed by atoms with Crippen LogP contribution in [-0.4, -0.2) is 17.1 Å². The Morgan fingerprint density at radius 2 is 1.84 bits per heavy atom. The van der Waals surface area contributed by atoms with Gasteiger partial charge in [0, 0.05) is 24.0 Å². The summed E-state index contributed by atoms with van der Waals surface area (Å²) < 4.78 is 0. The number of pyridine rings is 1. The molecule has 1 aromatic carbocycles. The minimum atomic E-state index is -0.427. The highest BCUT2D eigenvalue weighted by molar-refractivity contribution is 5.59. The Morgan fingerprint density at radius 1 is 1.16 bits per heavy atom. The van der Waals surface area contributed by atoms with Crippen molar-refractivity contribution in [3.05, 3.63) is 53.7 Å². The van der Waals surface area contributed by atoms with E-state index in [1.54, 1.807) is 0 Å². The topological polar surface area (TPSA) is 36.4 Å². The predicted octanol–water partition coefficient (Wildman–Crippen LogP) is 3.60. The first kappa shape index (κ1) is 13.6. The lowest BCUT2D eigenvalue weighted by Gasteiger charge is -2.20. The average Bonchev–Trinajstić information content (AvgIpc) is 2.46. The number of rotatable bonds is 4. The first-order chi connectivity index (χ1) is 9.13. The third kappa shape index (κ3) is 2.93. The maximum absolute atomic E-state index is 9.90. The number of hydrogen-bond donors (Lipinski definition) is 1. The molecular formula is C16H20N2O. The van der Waals surface area contributed by atoms with Crippen molar-refractivity contribution in [2.45, 2.75) is 26.4 Å². The second-order valence-corrected chi connectivity index (χ2v) is 4.66. The molecule has 19 heavy (non-hydrogen) atoms. The normalized spacial score (nSPS) is 12.2. The fourth-order valence-electron chi connectivity index (χ4n) is 2.10. The highest BCUT2D eigenvalue weighted by atomic mass is 16.3. The Labute approximate surface area is 114 Å². The van der Waals surface area contributed by atoms with Crippen molar-refractivity contribution in [2.75, 3.05) is 11.9 Å². The molecule has 0 saturated heterocycles. The van der Waals surface area contributed by atoms with E-state index >= 15 is 0 Å². The van der Waals surface area contributed by atoms with E-state index in [0.717, 1.165) is 22.8 Å². The van der Waals surface area contributed by atoms with Crippen LogP contribution in [0.25, 0.3) is 0 Å². The van der Waals surface area contributed by atoms with Crippen molar-refractivity contribution in [2.24, 2.45) is 0 Å². The molecule has 1 atom stereocenters. The van der Waals surface area contributed by atoms with E-state index in [2.05, 4.69) is 4.98 Å². The quantitative estimate of drug-likeness (QED) is 0.908. The van der Waals surface area contributed by atoms with Crippen LogP contribution in [0.1, 0.15) is 30.7 Å². The third-order valence-electron chi connectivity index (χ3n) is 3.34. The highest BCUT2D eigenvalue weighted by Crippen LogP contribution is 2.25. The second-order valence-electron chi connectivity index (χ2n) is 4.66. The molecule has 0 aliphatic heterocycles. The zero-order valence-electron chi connectivity index (χ0n) is 11.7. The second kappa shape index (κ2) is 5.85. The van der Waals surface area contributed by atoms with Crippen molar-refractivity contribution < 1.29 is 5.11 Å². The van der Waals surface area contributed by atoms with Crippen LogP contribution in [0.15, 0.2) is 42.5 Å². The summed E-state index contributed by atoms with van der Waals surface area (Å²) in [6, 6.07) is 14.0. The molecule has 3 heteroatoms. The lowest BCUT2D eigenvalue weighted by atomic mass is 10.1. The molecule has 1 N–H and O–H groups in total. The van der Waals surface area contributed by atoms with E-state index < -0.39 is 6.10 Å². The van der Waals surface area contributed by atoms with Crippen molar-refractivity contribution >= 4 is 11.5 Å². The van der Waals surface area contributed by atoms with Gasteiger partial charge < -0.3 is 10.0 Å². The van der Waals surface area contributed by atoms with Gasteiger partial charge in [-0.1, -0.05) is 31.2 Å². The van der Waals surface area contributed by atoms with Gasteiger partial charge in [0.25, 0.3) is 0 Å². The third-order valence-corrected chi connectivity index (χ3v) is 3.34. The zero-order chi connectivity index (χ0) is 13.8. The zero-order valence-corrected chi connectivity index (χ0v) is 11.7. The Hall–Kier alpha value is -1.87. The van der Waals surface area contributed by atoms with Crippen LogP contribution >= 0.6 is 0 Å². The van der Waals surface area contributed by atoms with Crippen LogP contribution in [0.4, 0.5) is 11.5 Å². The van der Waals surface area contributed by atoms with Crippen molar-refractivity contribution in [3.8, 4) is 0 Å². The highest BCUT2D eigenvalue weighted by Gasteiger charge is 2.12. The predicted molar refractivity (Wildman–Crippen MR) is 78.7 cm³/mol. The first-order valence-electron chi connectivity index (χ1n) is 6.58. The Morgan fingerprint density at radius 3 is 2.42 bits per heavy atom. The largest absolute Gasteiger partial charge is 0.388 e. The van der Waals surface area contributed by atoms with Crippen LogP contribution in [0.3, 0.4) is 0 Å². The summed E-state index contributed by atoms with van der Waals surface area (Å²) in [4.78, 5) is 6.62. The number of anilines is 2. The lowest BCUT2D eigenvalue weighted by molar-refractivity contribution is 0.172. The van der Waals surface area contributed by atoms with E-state index in [1.165, 1.54) is 0 Å². The van der Waals surface area contributed by atoms with Gasteiger partial charge in [-0.2, -0.15) is 0 Å². The number of aryl methyl sites for hydroxylation is 1. The Balaban J connectivity index is 2.30. The average molecular weight is 256 g/mol. The minimum Gasteiger partial charge on any atom is -0.388 e. The molecular weight excluding hydrogens is 236 g/mol. The van der Waals surface area contributed by atoms with Crippen molar-refractivity contribution in [1.82, 2.24) is 4.98 Å². The van der Waals surface area contributed by atoms with Crippen LogP contribution in [-0.2, 0) is 0 Å². The summed E-state index contributed by atoms with van der Waals surface area (Å²) in [6.07, 6.45) is 0.278. The number of hydrogen-bond acceptors (Lipinski definition) is 3. The molecule has 3 nitrogen and oxygen atoms in total. The maximum Gasteiger partial charge on any atom is 0.132 e. The fraction of sp³-hybridized carbons (Fsp3) is 0.312. The molecule has 0 bridgehead atoms. The van der Waals surface area contributed by atoms with Crippen LogP contribution in [0.5, 0.6) is 0 Å². The van der Waals surface area contributed by atoms with Crippen LogP contribution in [0, 0.1) is 6.92 Å². The van der Waals surface area contributed by atoms with E-state index in [4.69, 9.17) is 0 Å². The first-order valence-corrected chi connectivity index (χ1v) is 6.58. The number of nitrogens with zero attached hydrogens (tertiary/aromatic N) is 2. The molecule has 1 unspecified atom stereocenters. The van der Waals surface area contributed by atoms with Gasteiger partial charge >= 0.3 is 0 Å². The smallest absolute Gasteiger partial charge is 0.132 e. The van der Waals surface area contributed by atoms with Gasteiger partial charge in [0.1, 0.15) is 5.82 Å². The van der Waals surface area contributed by atoms with Crippen molar-refractivity contribution in [1.29, 1.82) is 0 Å². The minimum absolute atomic E-state index is 0.427. The summed E-state index contributed by atoms with van der Waals surface area (Å²) in [6.45, 7) is 3.91. The maximum atomic E-state index is 9.90. The Kier molecular flexibility index (Phi) is 4.17. The number of benzene rings is 1. The van der Waals surface area contributed by atoms with Crippen LogP contribution in [0.2, 0.25) is 0 Å². The van der Waals surface area contributed by atoms with Gasteiger partial charge in [-0.3, -0.25) is 0 Å². The number of para-hydroxylation sites is 1. The fourth-order valence-corrected chi connectivity index (χ4v) is 2.10. The van der Waals surface area contributed by atoms with E-state index in [9.17, 15) is 5.11 Å². The summed E-state index contributed by atoms with van der Waals surface area (Å²) in [5.74, 6) is 0.885. The van der Waals surface area contributed by atoms with Gasteiger partial charge in [-0.15, -0.1) is 0 Å². The monoisotopic (exact) mass is 256 g/mol. The molecule has 100 valence electrons. The van der Waals surface area contributed by atoms with E-state index in [-0.39, 0.29) is 0 Å². The number of aliphatic hydroxyl groups is 1. The van der Waals surface area contributed by atoms with Gasteiger partial charge in [0.05, 0.1) is 6.10 Å². The summed E-state index contributed by atoms with van der Waals surface area (Å²) in [5.41, 5.74) is 2.89. The van der Waals surface area contributed by atoms with E-state index in [0.29, 0.717) is 6.42 Å². The molecule has 0 amide bonds. The molecule has 1 heterocycles. The molecule has 0 radical (unpaired) electrons. The number of aromatic nitrogens is 1. The van der Waals surface area contributed by atoms with E-state index in [1.807, 2.05) is 68.3 Å². The van der Waals surface area contributed by atoms with Gasteiger partial charge in [0.2, 0.25) is 0 Å². The van der Waals surface area contributed by atoms with Crippen LogP contribution < -0.4 is 4.90 Å². The summed E-state index contributed by atoms with van der Waals surface area (Å²) in [5, 5.41) is 9.90. The van der Waals surface area contributed by atoms with Gasteiger partial charge in [0.15, 0.2) is 0 Å². The van der Waals surface area contributed by atoms with Crippen molar-refractivity contribution in [3.63, 3.8) is 0 Å². The van der Waals surface area contributed by atoms with Gasteiger partial charge in [-0.25, -0.2) is 4.98 Å². The standard InChI is InChI=1S/C16H20N2O/c1-4-15(19)14-10-11-16(17-12(14)2)18(3)13-8-6-5-7-9-13/h5-11,15,19H,4H2,1-3H3. The molecule has 1 aromatic heterocycles. The Bertz CT molecular complexity index is 540. The summed E-state index contributed by atoms with van der Waals surface area (Å²) >= 11 is 0. The SMILES string of the molecule is CCC(O)c1ccc(N(C)c2ccccc2)nc1C. The molecule has 0 aliphatic rings. The number of aliphatic hydroxyl groups excluding tert-OH is 1. The van der Waals surface area contributed by atoms with Gasteiger partial charge in [-0.05, 0) is 31.5 Å². The molecule has 0 spiro atoms. The molecule has 0 saturated carbocycles. The molecule has 2 aromatic rings. The lowest BCUT2D eigenvalue weighted by Crippen LogP contribution is -2.12. The molecule has 2 rings (SSSR count). The summed E-state index contributed by atoms with van der Waals surface area (Å²) in [7, 11) is 1.99. The molecule has 0 aliphatic carbocycles.